The van der Waals surface area contributed by atoms with Crippen molar-refractivity contribution in [1.29, 1.82) is 0 Å². The van der Waals surface area contributed by atoms with Crippen LogP contribution >= 0.6 is 11.6 Å². The summed E-state index contributed by atoms with van der Waals surface area (Å²) in [7, 11) is 0. The summed E-state index contributed by atoms with van der Waals surface area (Å²) >= 11 is 6.13. The highest BCUT2D eigenvalue weighted by Crippen LogP contribution is 2.31. The largest absolute Gasteiger partial charge is 0.481 e. The van der Waals surface area contributed by atoms with Gasteiger partial charge in [0.05, 0.1) is 28.7 Å². The molecule has 190 valence electrons. The molecule has 0 radical (unpaired) electrons. The van der Waals surface area contributed by atoms with Crippen LogP contribution in [0.1, 0.15) is 34.1 Å². The zero-order valence-corrected chi connectivity index (χ0v) is 19.7. The zero-order valence-electron chi connectivity index (χ0n) is 18.9. The molecule has 3 N–H and O–H groups in total. The minimum atomic E-state index is -4.44. The Morgan fingerprint density at radius 2 is 1.57 bits per heavy atom. The van der Waals surface area contributed by atoms with Crippen molar-refractivity contribution >= 4 is 23.5 Å². The molecule has 0 saturated carbocycles. The molecule has 1 unspecified atom stereocenters. The number of para-hydroxylation sites is 1. The zero-order chi connectivity index (χ0) is 26.7. The molecule has 3 aromatic carbocycles. The third-order valence-electron chi connectivity index (χ3n) is 5.60. The number of carboxylic acids is 1. The van der Waals surface area contributed by atoms with Crippen molar-refractivity contribution in [3.05, 3.63) is 111 Å². The Hall–Kier alpha value is -4.31. The maximum atomic E-state index is 12.9. The van der Waals surface area contributed by atoms with Gasteiger partial charge < -0.3 is 10.4 Å². The van der Waals surface area contributed by atoms with Crippen LogP contribution in [0.25, 0.3) is 16.8 Å². The van der Waals surface area contributed by atoms with Crippen molar-refractivity contribution in [1.82, 2.24) is 15.1 Å². The van der Waals surface area contributed by atoms with Crippen molar-refractivity contribution in [2.45, 2.75) is 18.6 Å². The number of aromatic nitrogens is 2. The average Bonchev–Trinajstić information content (AvgIpc) is 3.25. The summed E-state index contributed by atoms with van der Waals surface area (Å²) in [6, 6.07) is 17.7. The first-order valence-corrected chi connectivity index (χ1v) is 11.3. The number of benzene rings is 3. The third kappa shape index (κ3) is 5.92. The van der Waals surface area contributed by atoms with Crippen LogP contribution < -0.4 is 10.9 Å². The highest BCUT2D eigenvalue weighted by molar-refractivity contribution is 6.32. The second kappa shape index (κ2) is 10.4. The number of carbonyl (C=O) groups is 2. The molecule has 0 spiro atoms. The highest BCUT2D eigenvalue weighted by atomic mass is 35.5. The summed E-state index contributed by atoms with van der Waals surface area (Å²) in [5, 5.41) is 14.9. The predicted molar refractivity (Wildman–Crippen MR) is 131 cm³/mol. The summed E-state index contributed by atoms with van der Waals surface area (Å²) in [6.07, 6.45) is -4.88. The van der Waals surface area contributed by atoms with Gasteiger partial charge in [-0.15, -0.1) is 0 Å². The Balaban J connectivity index is 1.55. The molecule has 0 aliphatic rings. The van der Waals surface area contributed by atoms with E-state index in [-0.39, 0.29) is 10.7 Å². The summed E-state index contributed by atoms with van der Waals surface area (Å²) in [6.45, 7) is 0. The lowest BCUT2D eigenvalue weighted by molar-refractivity contribution is -0.138. The van der Waals surface area contributed by atoms with Gasteiger partial charge in [0.1, 0.15) is 5.69 Å². The smallest absolute Gasteiger partial charge is 0.416 e. The van der Waals surface area contributed by atoms with Crippen LogP contribution in [-0.4, -0.2) is 26.8 Å². The number of carboxylic acid groups (broad SMARTS) is 1. The van der Waals surface area contributed by atoms with E-state index in [4.69, 9.17) is 11.6 Å². The van der Waals surface area contributed by atoms with E-state index in [0.717, 1.165) is 22.9 Å². The van der Waals surface area contributed by atoms with Gasteiger partial charge in [-0.05, 0) is 41.0 Å². The molecule has 7 nitrogen and oxygen atoms in total. The molecular formula is C26H19ClF3N3O4. The number of hydrogen-bond donors (Lipinski definition) is 3. The molecule has 37 heavy (non-hydrogen) atoms. The number of H-pyrrole nitrogens is 1. The van der Waals surface area contributed by atoms with Gasteiger partial charge in [-0.1, -0.05) is 60.1 Å². The van der Waals surface area contributed by atoms with Gasteiger partial charge in [-0.25, -0.2) is 4.68 Å². The number of aliphatic carboxylic acids is 1. The van der Waals surface area contributed by atoms with E-state index in [1.807, 2.05) is 0 Å². The molecule has 1 amide bonds. The number of nitrogens with one attached hydrogen (secondary N) is 2. The minimum Gasteiger partial charge on any atom is -0.481 e. The number of nitrogens with zero attached hydrogens (tertiary/aromatic N) is 1. The Labute approximate surface area is 213 Å². The Morgan fingerprint density at radius 1 is 0.973 bits per heavy atom. The first-order valence-electron chi connectivity index (χ1n) is 10.9. The molecule has 4 rings (SSSR count). The standard InChI is InChI=1S/C26H19ClF3N3O4/c27-19-3-1-2-4-22(19)33-23(34)13-21(32-33)25(37)31-20(14-24(35)36)17-7-5-15(6-8-17)16-9-11-18(12-10-16)26(28,29)30/h1-13,20,32H,14H2,(H,31,37)(H,35,36). The Morgan fingerprint density at radius 3 is 2.14 bits per heavy atom. The van der Waals surface area contributed by atoms with E-state index < -0.39 is 41.6 Å². The lowest BCUT2D eigenvalue weighted by Crippen LogP contribution is -2.30. The minimum absolute atomic E-state index is 0.0957. The molecular weight excluding hydrogens is 511 g/mol. The fourth-order valence-corrected chi connectivity index (χ4v) is 3.97. The molecule has 1 atom stereocenters. The molecule has 0 bridgehead atoms. The van der Waals surface area contributed by atoms with Crippen LogP contribution in [0, 0.1) is 0 Å². The van der Waals surface area contributed by atoms with Gasteiger partial charge in [0.15, 0.2) is 0 Å². The van der Waals surface area contributed by atoms with Crippen molar-refractivity contribution < 1.29 is 27.9 Å². The lowest BCUT2D eigenvalue weighted by atomic mass is 9.98. The number of halogens is 4. The predicted octanol–water partition coefficient (Wildman–Crippen LogP) is 5.45. The van der Waals surface area contributed by atoms with Crippen LogP contribution in [0.5, 0.6) is 0 Å². The van der Waals surface area contributed by atoms with E-state index in [1.54, 1.807) is 48.5 Å². The number of carbonyl (C=O) groups excluding carboxylic acids is 1. The topological polar surface area (TPSA) is 104 Å². The first-order chi connectivity index (χ1) is 17.5. The Bertz CT molecular complexity index is 1490. The molecule has 11 heteroatoms. The van der Waals surface area contributed by atoms with Crippen LogP contribution in [0.15, 0.2) is 83.7 Å². The van der Waals surface area contributed by atoms with Gasteiger partial charge in [0.25, 0.3) is 11.5 Å². The van der Waals surface area contributed by atoms with Crippen molar-refractivity contribution in [3.8, 4) is 16.8 Å². The maximum Gasteiger partial charge on any atom is 0.416 e. The normalized spacial score (nSPS) is 12.2. The van der Waals surface area contributed by atoms with Gasteiger partial charge in [0, 0.05) is 6.07 Å². The average molecular weight is 530 g/mol. The van der Waals surface area contributed by atoms with E-state index in [9.17, 15) is 32.7 Å². The monoisotopic (exact) mass is 529 g/mol. The van der Waals surface area contributed by atoms with Gasteiger partial charge >= 0.3 is 12.1 Å². The van der Waals surface area contributed by atoms with Gasteiger partial charge in [0.2, 0.25) is 0 Å². The lowest BCUT2D eigenvalue weighted by Gasteiger charge is -2.17. The summed E-state index contributed by atoms with van der Waals surface area (Å²) in [4.78, 5) is 36.8. The third-order valence-corrected chi connectivity index (χ3v) is 5.92. The second-order valence-corrected chi connectivity index (χ2v) is 8.52. The number of rotatable bonds is 7. The summed E-state index contributed by atoms with van der Waals surface area (Å²) < 4.78 is 39.5. The van der Waals surface area contributed by atoms with E-state index in [2.05, 4.69) is 10.4 Å². The quantitative estimate of drug-likeness (QED) is 0.296. The van der Waals surface area contributed by atoms with Crippen LogP contribution in [0.2, 0.25) is 5.02 Å². The van der Waals surface area contributed by atoms with Crippen molar-refractivity contribution in [2.24, 2.45) is 0 Å². The second-order valence-electron chi connectivity index (χ2n) is 8.12. The van der Waals surface area contributed by atoms with Crippen molar-refractivity contribution in [2.75, 3.05) is 0 Å². The van der Waals surface area contributed by atoms with Crippen LogP contribution in [-0.2, 0) is 11.0 Å². The van der Waals surface area contributed by atoms with E-state index in [0.29, 0.717) is 22.4 Å². The fourth-order valence-electron chi connectivity index (χ4n) is 3.75. The molecule has 1 aromatic heterocycles. The van der Waals surface area contributed by atoms with Gasteiger partial charge in [-0.2, -0.15) is 13.2 Å². The molecule has 1 heterocycles. The molecule has 0 saturated heterocycles. The number of hydrogen-bond acceptors (Lipinski definition) is 3. The number of aromatic amines is 1. The molecule has 0 aliphatic carbocycles. The fraction of sp³-hybridized carbons (Fsp3) is 0.115. The SMILES string of the molecule is O=C(O)CC(NC(=O)c1cc(=O)n(-c2ccccc2Cl)[nH]1)c1ccc(-c2ccc(C(F)(F)F)cc2)cc1. The van der Waals surface area contributed by atoms with Gasteiger partial charge in [-0.3, -0.25) is 19.5 Å². The van der Waals surface area contributed by atoms with E-state index >= 15 is 0 Å². The maximum absolute atomic E-state index is 12.9. The summed E-state index contributed by atoms with van der Waals surface area (Å²) in [5.41, 5.74) is 0.554. The summed E-state index contributed by atoms with van der Waals surface area (Å²) in [5.74, 6) is -1.87. The molecule has 4 aromatic rings. The number of alkyl halides is 3. The molecule has 0 aliphatic heterocycles. The van der Waals surface area contributed by atoms with E-state index in [1.165, 1.54) is 12.1 Å². The highest BCUT2D eigenvalue weighted by Gasteiger charge is 2.30. The first kappa shape index (κ1) is 25.8. The Kier molecular flexibility index (Phi) is 7.21. The van der Waals surface area contributed by atoms with Crippen LogP contribution in [0.3, 0.4) is 0 Å². The molecule has 0 fully saturated rings. The number of amides is 1. The van der Waals surface area contributed by atoms with Crippen LogP contribution in [0.4, 0.5) is 13.2 Å². The van der Waals surface area contributed by atoms with Crippen molar-refractivity contribution in [3.63, 3.8) is 0 Å².